The number of sulfone groups is 1. The van der Waals surface area contributed by atoms with Crippen LogP contribution in [0.3, 0.4) is 0 Å². The second-order valence-electron chi connectivity index (χ2n) is 5.80. The Morgan fingerprint density at radius 1 is 1.22 bits per heavy atom. The van der Waals surface area contributed by atoms with Gasteiger partial charge in [-0.15, -0.1) is 10.2 Å². The van der Waals surface area contributed by atoms with Gasteiger partial charge in [-0.05, 0) is 29.8 Å². The topological polar surface area (TPSA) is 107 Å². The van der Waals surface area contributed by atoms with Gasteiger partial charge in [-0.25, -0.2) is 13.4 Å². The second kappa shape index (κ2) is 7.89. The van der Waals surface area contributed by atoms with E-state index in [4.69, 9.17) is 0 Å². The van der Waals surface area contributed by atoms with E-state index in [9.17, 15) is 13.2 Å². The zero-order chi connectivity index (χ0) is 19.4. The van der Waals surface area contributed by atoms with Gasteiger partial charge in [0, 0.05) is 24.7 Å². The molecule has 2 aromatic heterocycles. The lowest BCUT2D eigenvalue weighted by Gasteiger charge is -2.08. The summed E-state index contributed by atoms with van der Waals surface area (Å²) in [5.74, 6) is 0.191. The van der Waals surface area contributed by atoms with E-state index in [0.717, 1.165) is 17.0 Å². The van der Waals surface area contributed by atoms with E-state index in [1.54, 1.807) is 12.4 Å². The van der Waals surface area contributed by atoms with Gasteiger partial charge in [0.2, 0.25) is 0 Å². The largest absolute Gasteiger partial charge is 0.321 e. The summed E-state index contributed by atoms with van der Waals surface area (Å²) >= 11 is 1.53. The summed E-state index contributed by atoms with van der Waals surface area (Å²) in [6, 6.07) is 11.7. The van der Waals surface area contributed by atoms with Crippen molar-refractivity contribution in [1.82, 2.24) is 19.7 Å². The molecule has 0 aliphatic carbocycles. The fourth-order valence-corrected chi connectivity index (χ4v) is 3.65. The molecule has 8 nitrogen and oxygen atoms in total. The highest BCUT2D eigenvalue weighted by Crippen LogP contribution is 2.22. The van der Waals surface area contributed by atoms with Crippen LogP contribution < -0.4 is 5.32 Å². The van der Waals surface area contributed by atoms with Crippen LogP contribution in [-0.4, -0.2) is 40.3 Å². The molecule has 0 bridgehead atoms. The first-order valence-electron chi connectivity index (χ1n) is 7.87. The summed E-state index contributed by atoms with van der Waals surface area (Å²) in [5.41, 5.74) is 1.64. The molecule has 0 unspecified atom stereocenters. The molecule has 1 N–H and O–H groups in total. The summed E-state index contributed by atoms with van der Waals surface area (Å²) < 4.78 is 25.0. The Bertz CT molecular complexity index is 1080. The van der Waals surface area contributed by atoms with E-state index in [1.165, 1.54) is 30.0 Å². The van der Waals surface area contributed by atoms with Gasteiger partial charge in [0.15, 0.2) is 20.0 Å². The molecular formula is C17H17N5O3S2. The zero-order valence-electron chi connectivity index (χ0n) is 14.7. The highest BCUT2D eigenvalue weighted by atomic mass is 32.2. The van der Waals surface area contributed by atoms with Gasteiger partial charge in [0.1, 0.15) is 12.0 Å². The molecule has 140 valence electrons. The quantitative estimate of drug-likeness (QED) is 0.629. The Balaban J connectivity index is 1.70. The van der Waals surface area contributed by atoms with Gasteiger partial charge in [-0.3, -0.25) is 4.79 Å². The molecule has 0 saturated carbocycles. The molecule has 0 atom stereocenters. The van der Waals surface area contributed by atoms with Crippen LogP contribution in [0.5, 0.6) is 0 Å². The number of aryl methyl sites for hydroxylation is 1. The normalized spacial score (nSPS) is 11.3. The molecule has 1 amide bonds. The molecule has 0 aliphatic rings. The van der Waals surface area contributed by atoms with Crippen LogP contribution in [0.2, 0.25) is 0 Å². The fourth-order valence-electron chi connectivity index (χ4n) is 2.23. The number of amides is 1. The van der Waals surface area contributed by atoms with Crippen LogP contribution >= 0.6 is 11.8 Å². The Morgan fingerprint density at radius 2 is 2.00 bits per heavy atom. The molecule has 0 spiro atoms. The number of aromatic nitrogens is 4. The molecule has 1 aromatic carbocycles. The average Bonchev–Trinajstić information content (AvgIpc) is 3.04. The third-order valence-electron chi connectivity index (χ3n) is 3.56. The highest BCUT2D eigenvalue weighted by molar-refractivity contribution is 7.98. The minimum absolute atomic E-state index is 0.0387. The van der Waals surface area contributed by atoms with E-state index < -0.39 is 15.7 Å². The number of benzene rings is 1. The van der Waals surface area contributed by atoms with Gasteiger partial charge in [-0.1, -0.05) is 30.0 Å². The summed E-state index contributed by atoms with van der Waals surface area (Å²) in [7, 11) is -1.61. The van der Waals surface area contributed by atoms with Crippen molar-refractivity contribution in [3.8, 4) is 0 Å². The number of carbonyl (C=O) groups is 1. The number of nitrogens with one attached hydrogen (secondary N) is 1. The lowest BCUT2D eigenvalue weighted by Crippen LogP contribution is -2.15. The van der Waals surface area contributed by atoms with Gasteiger partial charge in [0.05, 0.1) is 0 Å². The summed E-state index contributed by atoms with van der Waals surface area (Å²) in [6.07, 6.45) is 2.69. The number of carbonyl (C=O) groups excluding carboxylic acids is 1. The first kappa shape index (κ1) is 19.1. The standard InChI is InChI=1S/C17H17N5O3S2/c1-22-11-18-21-17(22)26-10-12-5-3-6-13(9-12)19-16(23)14-7-4-8-15(20-14)27(2,24)25/h3-9,11H,10H2,1-2H3,(H,19,23). The predicted molar refractivity (Wildman–Crippen MR) is 102 cm³/mol. The number of pyridine rings is 1. The van der Waals surface area contributed by atoms with Gasteiger partial charge in [0.25, 0.3) is 5.91 Å². The lowest BCUT2D eigenvalue weighted by atomic mass is 10.2. The van der Waals surface area contributed by atoms with Crippen LogP contribution in [0.1, 0.15) is 16.1 Å². The molecule has 3 aromatic rings. The maximum atomic E-state index is 12.4. The van der Waals surface area contributed by atoms with Crippen LogP contribution in [0, 0.1) is 0 Å². The second-order valence-corrected chi connectivity index (χ2v) is 8.71. The lowest BCUT2D eigenvalue weighted by molar-refractivity contribution is 0.102. The Kier molecular flexibility index (Phi) is 5.57. The first-order chi connectivity index (χ1) is 12.8. The highest BCUT2D eigenvalue weighted by Gasteiger charge is 2.14. The van der Waals surface area contributed by atoms with Crippen molar-refractivity contribution in [2.24, 2.45) is 7.05 Å². The van der Waals surface area contributed by atoms with Crippen LogP contribution in [0.25, 0.3) is 0 Å². The van der Waals surface area contributed by atoms with Gasteiger partial charge in [-0.2, -0.15) is 0 Å². The molecule has 3 rings (SSSR count). The van der Waals surface area contributed by atoms with Crippen LogP contribution in [-0.2, 0) is 22.6 Å². The van der Waals surface area contributed by atoms with E-state index >= 15 is 0 Å². The van der Waals surface area contributed by atoms with Crippen molar-refractivity contribution in [2.45, 2.75) is 15.9 Å². The molecule has 0 saturated heterocycles. The van der Waals surface area contributed by atoms with Crippen molar-refractivity contribution in [3.05, 3.63) is 60.0 Å². The summed E-state index contributed by atoms with van der Waals surface area (Å²) in [5, 5.41) is 11.3. The van der Waals surface area contributed by atoms with Crippen LogP contribution in [0.15, 0.2) is 59.0 Å². The first-order valence-corrected chi connectivity index (χ1v) is 10.7. The molecule has 10 heteroatoms. The Morgan fingerprint density at radius 3 is 2.70 bits per heavy atom. The van der Waals surface area contributed by atoms with Crippen molar-refractivity contribution in [3.63, 3.8) is 0 Å². The predicted octanol–water partition coefficient (Wildman–Crippen LogP) is 2.16. The summed E-state index contributed by atoms with van der Waals surface area (Å²) in [4.78, 5) is 16.3. The molecular weight excluding hydrogens is 386 g/mol. The van der Waals surface area contributed by atoms with E-state index in [0.29, 0.717) is 11.4 Å². The number of anilines is 1. The third kappa shape index (κ3) is 4.92. The van der Waals surface area contributed by atoms with E-state index in [-0.39, 0.29) is 10.7 Å². The molecule has 0 radical (unpaired) electrons. The third-order valence-corrected chi connectivity index (χ3v) is 5.65. The van der Waals surface area contributed by atoms with Crippen molar-refractivity contribution in [1.29, 1.82) is 0 Å². The van der Waals surface area contributed by atoms with E-state index in [2.05, 4.69) is 20.5 Å². The van der Waals surface area contributed by atoms with Crippen LogP contribution in [0.4, 0.5) is 5.69 Å². The summed E-state index contributed by atoms with van der Waals surface area (Å²) in [6.45, 7) is 0. The average molecular weight is 403 g/mol. The monoisotopic (exact) mass is 403 g/mol. The van der Waals surface area contributed by atoms with Crippen molar-refractivity contribution in [2.75, 3.05) is 11.6 Å². The van der Waals surface area contributed by atoms with Gasteiger partial charge < -0.3 is 9.88 Å². The molecule has 27 heavy (non-hydrogen) atoms. The zero-order valence-corrected chi connectivity index (χ0v) is 16.3. The molecule has 0 fully saturated rings. The van der Waals surface area contributed by atoms with Crippen molar-refractivity contribution >= 4 is 33.2 Å². The number of nitrogens with zero attached hydrogens (tertiary/aromatic N) is 4. The number of rotatable bonds is 6. The number of thioether (sulfide) groups is 1. The minimum atomic E-state index is -3.48. The van der Waals surface area contributed by atoms with Crippen molar-refractivity contribution < 1.29 is 13.2 Å². The Labute approximate surface area is 161 Å². The molecule has 0 aliphatic heterocycles. The SMILES string of the molecule is Cn1cnnc1SCc1cccc(NC(=O)c2cccc(S(C)(=O)=O)n2)c1. The number of hydrogen-bond acceptors (Lipinski definition) is 7. The Hall–Kier alpha value is -2.72. The smallest absolute Gasteiger partial charge is 0.274 e. The fraction of sp³-hybridized carbons (Fsp3) is 0.176. The minimum Gasteiger partial charge on any atom is -0.321 e. The number of hydrogen-bond donors (Lipinski definition) is 1. The maximum absolute atomic E-state index is 12.4. The molecule has 2 heterocycles. The van der Waals surface area contributed by atoms with Gasteiger partial charge >= 0.3 is 0 Å². The van der Waals surface area contributed by atoms with E-state index in [1.807, 2.05) is 29.8 Å². The maximum Gasteiger partial charge on any atom is 0.274 e.